The largest absolute Gasteiger partial charge is 0.377 e. The zero-order valence-corrected chi connectivity index (χ0v) is 15.5. The summed E-state index contributed by atoms with van der Waals surface area (Å²) in [5.41, 5.74) is 2.00. The Morgan fingerprint density at radius 1 is 1.40 bits per heavy atom. The van der Waals surface area contributed by atoms with Gasteiger partial charge in [0.2, 0.25) is 0 Å². The standard InChI is InChI=1S/C17H17ClN4O2S/c1-10-14(18)15(20-21(10)2)17(23)22-7-8-24-9-12(22)16-19-11-5-3-4-6-13(11)25-16/h3-6,12H,7-9H2,1-2H3. The molecule has 130 valence electrons. The Morgan fingerprint density at radius 3 is 2.92 bits per heavy atom. The SMILES string of the molecule is Cc1c(Cl)c(C(=O)N2CCOCC2c2nc3ccccc3s2)nn1C. The highest BCUT2D eigenvalue weighted by Crippen LogP contribution is 2.33. The predicted octanol–water partition coefficient (Wildman–Crippen LogP) is 3.21. The number of nitrogens with zero attached hydrogens (tertiary/aromatic N) is 4. The van der Waals surface area contributed by atoms with Gasteiger partial charge in [0.25, 0.3) is 5.91 Å². The van der Waals surface area contributed by atoms with E-state index in [1.54, 1.807) is 28.0 Å². The first kappa shape index (κ1) is 16.5. The lowest BCUT2D eigenvalue weighted by Gasteiger charge is -2.34. The zero-order chi connectivity index (χ0) is 17.6. The fourth-order valence-corrected chi connectivity index (χ4v) is 4.25. The zero-order valence-electron chi connectivity index (χ0n) is 13.9. The van der Waals surface area contributed by atoms with E-state index in [9.17, 15) is 4.79 Å². The molecule has 1 atom stereocenters. The number of aromatic nitrogens is 3. The van der Waals surface area contributed by atoms with Gasteiger partial charge in [-0.15, -0.1) is 11.3 Å². The Balaban J connectivity index is 1.71. The molecule has 1 unspecified atom stereocenters. The van der Waals surface area contributed by atoms with Gasteiger partial charge in [0.1, 0.15) is 11.0 Å². The fourth-order valence-electron chi connectivity index (χ4n) is 2.94. The highest BCUT2D eigenvalue weighted by atomic mass is 35.5. The topological polar surface area (TPSA) is 60.3 Å². The molecule has 1 saturated heterocycles. The van der Waals surface area contributed by atoms with E-state index in [0.717, 1.165) is 20.9 Å². The van der Waals surface area contributed by atoms with Crippen molar-refractivity contribution in [2.24, 2.45) is 7.05 Å². The van der Waals surface area contributed by atoms with Crippen molar-refractivity contribution in [1.29, 1.82) is 0 Å². The molecule has 1 aliphatic heterocycles. The van der Waals surface area contributed by atoms with Crippen molar-refractivity contribution in [3.05, 3.63) is 45.7 Å². The van der Waals surface area contributed by atoms with Gasteiger partial charge >= 0.3 is 0 Å². The molecule has 6 nitrogen and oxygen atoms in total. The van der Waals surface area contributed by atoms with Crippen LogP contribution in [-0.2, 0) is 11.8 Å². The van der Waals surface area contributed by atoms with Crippen LogP contribution in [0.25, 0.3) is 10.2 Å². The number of para-hydroxylation sites is 1. The van der Waals surface area contributed by atoms with Crippen molar-refractivity contribution in [2.45, 2.75) is 13.0 Å². The summed E-state index contributed by atoms with van der Waals surface area (Å²) in [6.45, 7) is 3.26. The highest BCUT2D eigenvalue weighted by Gasteiger charge is 2.34. The van der Waals surface area contributed by atoms with Crippen molar-refractivity contribution in [2.75, 3.05) is 19.8 Å². The Labute approximate surface area is 154 Å². The van der Waals surface area contributed by atoms with Crippen LogP contribution in [0.4, 0.5) is 0 Å². The Kier molecular flexibility index (Phi) is 4.23. The molecule has 1 amide bonds. The summed E-state index contributed by atoms with van der Waals surface area (Å²) in [5, 5.41) is 5.57. The molecule has 0 bridgehead atoms. The van der Waals surface area contributed by atoms with E-state index < -0.39 is 0 Å². The normalized spacial score (nSPS) is 18.0. The monoisotopic (exact) mass is 376 g/mol. The minimum absolute atomic E-state index is 0.179. The molecule has 25 heavy (non-hydrogen) atoms. The third kappa shape index (κ3) is 2.82. The van der Waals surface area contributed by atoms with Crippen LogP contribution < -0.4 is 0 Å². The molecule has 3 heterocycles. The van der Waals surface area contributed by atoms with Crippen LogP contribution in [0.1, 0.15) is 27.2 Å². The molecule has 4 rings (SSSR count). The molecule has 1 aromatic carbocycles. The molecule has 0 spiro atoms. The lowest BCUT2D eigenvalue weighted by molar-refractivity contribution is -0.00303. The fraction of sp³-hybridized carbons (Fsp3) is 0.353. The van der Waals surface area contributed by atoms with Gasteiger partial charge in [-0.1, -0.05) is 23.7 Å². The van der Waals surface area contributed by atoms with Crippen LogP contribution in [0, 0.1) is 6.92 Å². The summed E-state index contributed by atoms with van der Waals surface area (Å²) < 4.78 is 8.35. The number of fused-ring (bicyclic) bond motifs is 1. The van der Waals surface area contributed by atoms with E-state index in [2.05, 4.69) is 5.10 Å². The van der Waals surface area contributed by atoms with E-state index in [0.29, 0.717) is 24.8 Å². The number of aryl methyl sites for hydroxylation is 1. The van der Waals surface area contributed by atoms with Crippen molar-refractivity contribution in [3.8, 4) is 0 Å². The number of benzene rings is 1. The molecule has 0 saturated carbocycles. The van der Waals surface area contributed by atoms with E-state index in [4.69, 9.17) is 21.3 Å². The van der Waals surface area contributed by atoms with Gasteiger partial charge in [-0.2, -0.15) is 5.10 Å². The average Bonchev–Trinajstić information content (AvgIpc) is 3.18. The second-order valence-electron chi connectivity index (χ2n) is 5.98. The van der Waals surface area contributed by atoms with Crippen molar-refractivity contribution < 1.29 is 9.53 Å². The first-order valence-electron chi connectivity index (χ1n) is 7.99. The lowest BCUT2D eigenvalue weighted by atomic mass is 10.2. The number of halogens is 1. The first-order chi connectivity index (χ1) is 12.1. The molecule has 2 aromatic heterocycles. The summed E-state index contributed by atoms with van der Waals surface area (Å²) in [6.07, 6.45) is 0. The molecule has 0 N–H and O–H groups in total. The number of hydrogen-bond acceptors (Lipinski definition) is 5. The number of rotatable bonds is 2. The number of morpholine rings is 1. The quantitative estimate of drug-likeness (QED) is 0.689. The summed E-state index contributed by atoms with van der Waals surface area (Å²) in [4.78, 5) is 19.5. The number of carbonyl (C=O) groups is 1. The van der Waals surface area contributed by atoms with E-state index >= 15 is 0 Å². The predicted molar refractivity (Wildman–Crippen MR) is 97.2 cm³/mol. The maximum absolute atomic E-state index is 13.1. The van der Waals surface area contributed by atoms with Gasteiger partial charge < -0.3 is 9.64 Å². The van der Waals surface area contributed by atoms with Gasteiger partial charge in [0.15, 0.2) is 5.69 Å². The number of hydrogen-bond donors (Lipinski definition) is 0. The molecule has 8 heteroatoms. The van der Waals surface area contributed by atoms with Crippen molar-refractivity contribution >= 4 is 39.1 Å². The van der Waals surface area contributed by atoms with E-state index in [1.807, 2.05) is 31.2 Å². The van der Waals surface area contributed by atoms with E-state index in [1.165, 1.54) is 0 Å². The maximum Gasteiger partial charge on any atom is 0.276 e. The molecule has 3 aromatic rings. The van der Waals surface area contributed by atoms with Crippen LogP contribution in [-0.4, -0.2) is 45.3 Å². The summed E-state index contributed by atoms with van der Waals surface area (Å²) in [6, 6.07) is 7.73. The molecule has 1 aliphatic rings. The van der Waals surface area contributed by atoms with Crippen LogP contribution >= 0.6 is 22.9 Å². The van der Waals surface area contributed by atoms with Crippen LogP contribution in [0.5, 0.6) is 0 Å². The average molecular weight is 377 g/mol. The van der Waals surface area contributed by atoms with Crippen LogP contribution in [0.2, 0.25) is 5.02 Å². The number of thiazole rings is 1. The van der Waals surface area contributed by atoms with Gasteiger partial charge in [0, 0.05) is 13.6 Å². The second-order valence-corrected chi connectivity index (χ2v) is 7.42. The van der Waals surface area contributed by atoms with Gasteiger partial charge in [0.05, 0.1) is 34.1 Å². The Hall–Kier alpha value is -1.96. The van der Waals surface area contributed by atoms with Crippen LogP contribution in [0.3, 0.4) is 0 Å². The van der Waals surface area contributed by atoms with Gasteiger partial charge in [-0.3, -0.25) is 9.48 Å². The van der Waals surface area contributed by atoms with Crippen LogP contribution in [0.15, 0.2) is 24.3 Å². The first-order valence-corrected chi connectivity index (χ1v) is 9.19. The minimum Gasteiger partial charge on any atom is -0.377 e. The summed E-state index contributed by atoms with van der Waals surface area (Å²) >= 11 is 7.90. The number of carbonyl (C=O) groups excluding carboxylic acids is 1. The van der Waals surface area contributed by atoms with Crippen molar-refractivity contribution in [1.82, 2.24) is 19.7 Å². The smallest absolute Gasteiger partial charge is 0.276 e. The molecule has 0 aliphatic carbocycles. The lowest BCUT2D eigenvalue weighted by Crippen LogP contribution is -2.43. The number of ether oxygens (including phenoxy) is 1. The third-order valence-corrected chi connectivity index (χ3v) is 6.04. The summed E-state index contributed by atoms with van der Waals surface area (Å²) in [7, 11) is 1.78. The molecule has 1 fully saturated rings. The van der Waals surface area contributed by atoms with E-state index in [-0.39, 0.29) is 17.6 Å². The van der Waals surface area contributed by atoms with Gasteiger partial charge in [-0.05, 0) is 19.1 Å². The number of amides is 1. The molecular weight excluding hydrogens is 360 g/mol. The van der Waals surface area contributed by atoms with Gasteiger partial charge in [-0.25, -0.2) is 4.98 Å². The minimum atomic E-state index is -0.225. The Bertz CT molecular complexity index is 918. The highest BCUT2D eigenvalue weighted by molar-refractivity contribution is 7.18. The Morgan fingerprint density at radius 2 is 2.20 bits per heavy atom. The maximum atomic E-state index is 13.1. The van der Waals surface area contributed by atoms with Crippen molar-refractivity contribution in [3.63, 3.8) is 0 Å². The summed E-state index contributed by atoms with van der Waals surface area (Å²) in [5.74, 6) is -0.179. The molecule has 0 radical (unpaired) electrons. The molecular formula is C17H17ClN4O2S. The third-order valence-electron chi connectivity index (χ3n) is 4.45. The second kappa shape index (κ2) is 6.40.